The van der Waals surface area contributed by atoms with E-state index in [-0.39, 0.29) is 16.9 Å². The molecule has 0 saturated heterocycles. The maximum absolute atomic E-state index is 13.2. The van der Waals surface area contributed by atoms with E-state index >= 15 is 0 Å². The van der Waals surface area contributed by atoms with Crippen molar-refractivity contribution in [3.8, 4) is 0 Å². The van der Waals surface area contributed by atoms with Crippen molar-refractivity contribution in [2.45, 2.75) is 0 Å². The van der Waals surface area contributed by atoms with Crippen molar-refractivity contribution in [3.05, 3.63) is 59.2 Å². The first-order valence-corrected chi connectivity index (χ1v) is 5.39. The van der Waals surface area contributed by atoms with E-state index in [0.29, 0.717) is 12.1 Å². The van der Waals surface area contributed by atoms with E-state index in [2.05, 4.69) is 5.32 Å². The number of benzene rings is 2. The van der Waals surface area contributed by atoms with E-state index in [1.807, 2.05) is 0 Å². The maximum Gasteiger partial charge on any atom is 0.255 e. The van der Waals surface area contributed by atoms with Crippen LogP contribution < -0.4 is 11.1 Å². The van der Waals surface area contributed by atoms with Gasteiger partial charge in [0.1, 0.15) is 5.82 Å². The van der Waals surface area contributed by atoms with Gasteiger partial charge in [0.15, 0.2) is 17.5 Å². The van der Waals surface area contributed by atoms with Gasteiger partial charge in [-0.1, -0.05) is 0 Å². The van der Waals surface area contributed by atoms with Crippen LogP contribution in [0.2, 0.25) is 0 Å². The molecule has 1 amide bonds. The molecule has 104 valence electrons. The molecule has 0 spiro atoms. The number of anilines is 2. The van der Waals surface area contributed by atoms with Crippen LogP contribution in [0.25, 0.3) is 0 Å². The first-order valence-electron chi connectivity index (χ1n) is 5.39. The summed E-state index contributed by atoms with van der Waals surface area (Å²) < 4.78 is 51.9. The van der Waals surface area contributed by atoms with Gasteiger partial charge in [0.25, 0.3) is 5.91 Å². The van der Waals surface area contributed by atoms with E-state index in [0.717, 1.165) is 6.07 Å². The lowest BCUT2D eigenvalue weighted by atomic mass is 10.2. The molecule has 0 aliphatic rings. The minimum atomic E-state index is -1.64. The molecule has 2 rings (SSSR count). The van der Waals surface area contributed by atoms with Gasteiger partial charge in [-0.25, -0.2) is 17.6 Å². The van der Waals surface area contributed by atoms with Gasteiger partial charge in [-0.05, 0) is 18.2 Å². The van der Waals surface area contributed by atoms with Crippen LogP contribution in [0.1, 0.15) is 10.4 Å². The third-order valence-electron chi connectivity index (χ3n) is 2.50. The van der Waals surface area contributed by atoms with Crippen LogP contribution in [0.15, 0.2) is 30.3 Å². The fraction of sp³-hybridized carbons (Fsp3) is 0. The van der Waals surface area contributed by atoms with Crippen LogP contribution in [0.3, 0.4) is 0 Å². The highest BCUT2D eigenvalue weighted by Gasteiger charge is 2.13. The fourth-order valence-electron chi connectivity index (χ4n) is 1.50. The lowest BCUT2D eigenvalue weighted by Crippen LogP contribution is -2.13. The molecule has 20 heavy (non-hydrogen) atoms. The highest BCUT2D eigenvalue weighted by molar-refractivity contribution is 6.04. The van der Waals surface area contributed by atoms with E-state index in [4.69, 9.17) is 5.73 Å². The second kappa shape index (κ2) is 5.20. The molecule has 7 heteroatoms. The number of halogens is 4. The number of nitrogen functional groups attached to an aromatic ring is 1. The number of hydrogen-bond acceptors (Lipinski definition) is 2. The highest BCUT2D eigenvalue weighted by atomic mass is 19.2. The second-order valence-corrected chi connectivity index (χ2v) is 3.94. The Morgan fingerprint density at radius 1 is 0.950 bits per heavy atom. The van der Waals surface area contributed by atoms with Gasteiger partial charge < -0.3 is 11.1 Å². The molecule has 3 N–H and O–H groups in total. The van der Waals surface area contributed by atoms with E-state index in [1.165, 1.54) is 12.1 Å². The summed E-state index contributed by atoms with van der Waals surface area (Å²) >= 11 is 0. The molecule has 0 aliphatic heterocycles. The summed E-state index contributed by atoms with van der Waals surface area (Å²) in [6.07, 6.45) is 0. The van der Waals surface area contributed by atoms with Crippen molar-refractivity contribution < 1.29 is 22.4 Å². The summed E-state index contributed by atoms with van der Waals surface area (Å²) in [5, 5.41) is 2.12. The zero-order valence-corrected chi connectivity index (χ0v) is 9.88. The summed E-state index contributed by atoms with van der Waals surface area (Å²) in [7, 11) is 0. The van der Waals surface area contributed by atoms with Gasteiger partial charge in [-0.3, -0.25) is 4.79 Å². The van der Waals surface area contributed by atoms with E-state index in [9.17, 15) is 22.4 Å². The molecule has 0 saturated carbocycles. The predicted octanol–water partition coefficient (Wildman–Crippen LogP) is 3.08. The summed E-state index contributed by atoms with van der Waals surface area (Å²) in [4.78, 5) is 11.7. The normalized spacial score (nSPS) is 10.4. The summed E-state index contributed by atoms with van der Waals surface area (Å²) in [5.41, 5.74) is 4.73. The Hall–Kier alpha value is -2.57. The van der Waals surface area contributed by atoms with Crippen molar-refractivity contribution in [2.75, 3.05) is 11.1 Å². The Labute approximate surface area is 111 Å². The minimum Gasteiger partial charge on any atom is -0.396 e. The Kier molecular flexibility index (Phi) is 3.60. The lowest BCUT2D eigenvalue weighted by molar-refractivity contribution is 0.102. The van der Waals surface area contributed by atoms with Crippen LogP contribution in [-0.2, 0) is 0 Å². The Bertz CT molecular complexity index is 665. The number of nitrogens with one attached hydrogen (secondary N) is 1. The smallest absolute Gasteiger partial charge is 0.255 e. The van der Waals surface area contributed by atoms with Crippen LogP contribution in [0.4, 0.5) is 28.9 Å². The second-order valence-electron chi connectivity index (χ2n) is 3.94. The third-order valence-corrected chi connectivity index (χ3v) is 2.50. The van der Waals surface area contributed by atoms with Gasteiger partial charge in [0.2, 0.25) is 0 Å². The van der Waals surface area contributed by atoms with Crippen LogP contribution in [0, 0.1) is 23.3 Å². The highest BCUT2D eigenvalue weighted by Crippen LogP contribution is 2.19. The average molecular weight is 284 g/mol. The number of nitrogens with two attached hydrogens (primary N) is 1. The van der Waals surface area contributed by atoms with Crippen molar-refractivity contribution in [3.63, 3.8) is 0 Å². The topological polar surface area (TPSA) is 55.1 Å². The summed E-state index contributed by atoms with van der Waals surface area (Å²) in [6, 6.07) is 4.52. The molecule has 0 heterocycles. The molecule has 0 aliphatic carbocycles. The molecule has 2 aromatic rings. The monoisotopic (exact) mass is 284 g/mol. The predicted molar refractivity (Wildman–Crippen MR) is 65.1 cm³/mol. The molecule has 0 fully saturated rings. The van der Waals surface area contributed by atoms with Gasteiger partial charge in [0, 0.05) is 23.4 Å². The van der Waals surface area contributed by atoms with Crippen LogP contribution in [-0.4, -0.2) is 5.91 Å². The number of hydrogen-bond donors (Lipinski definition) is 2. The fourth-order valence-corrected chi connectivity index (χ4v) is 1.50. The molecule has 3 nitrogen and oxygen atoms in total. The molecule has 0 aromatic heterocycles. The Morgan fingerprint density at radius 2 is 1.55 bits per heavy atom. The lowest BCUT2D eigenvalue weighted by Gasteiger charge is -2.07. The number of carbonyl (C=O) groups is 1. The first kappa shape index (κ1) is 13.9. The van der Waals surface area contributed by atoms with Crippen LogP contribution >= 0.6 is 0 Å². The summed E-state index contributed by atoms with van der Waals surface area (Å²) in [6.45, 7) is 0. The molecule has 0 bridgehead atoms. The average Bonchev–Trinajstić information content (AvgIpc) is 2.39. The molecule has 0 atom stereocenters. The van der Waals surface area contributed by atoms with E-state index in [1.54, 1.807) is 0 Å². The van der Waals surface area contributed by atoms with Gasteiger partial charge in [-0.2, -0.15) is 0 Å². The van der Waals surface area contributed by atoms with Gasteiger partial charge in [-0.15, -0.1) is 0 Å². The minimum absolute atomic E-state index is 0.0955. The quantitative estimate of drug-likeness (QED) is 0.506. The maximum atomic E-state index is 13.2. The largest absolute Gasteiger partial charge is 0.396 e. The molecule has 2 aromatic carbocycles. The number of rotatable bonds is 2. The SMILES string of the molecule is Nc1ccc(C(=O)Nc2cc(F)c(F)c(F)c2)cc1F. The molecular weight excluding hydrogens is 276 g/mol. The van der Waals surface area contributed by atoms with Crippen molar-refractivity contribution >= 4 is 17.3 Å². The van der Waals surface area contributed by atoms with Crippen molar-refractivity contribution in [2.24, 2.45) is 0 Å². The van der Waals surface area contributed by atoms with Gasteiger partial charge >= 0.3 is 0 Å². The van der Waals surface area contributed by atoms with Crippen molar-refractivity contribution in [1.29, 1.82) is 0 Å². The number of carbonyl (C=O) groups excluding carboxylic acids is 1. The molecule has 0 radical (unpaired) electrons. The van der Waals surface area contributed by atoms with Gasteiger partial charge in [0.05, 0.1) is 5.69 Å². The number of amides is 1. The molecular formula is C13H8F4N2O. The first-order chi connectivity index (χ1) is 9.38. The Morgan fingerprint density at radius 3 is 2.10 bits per heavy atom. The van der Waals surface area contributed by atoms with Crippen LogP contribution in [0.5, 0.6) is 0 Å². The zero-order chi connectivity index (χ0) is 14.9. The van der Waals surface area contributed by atoms with E-state index < -0.39 is 29.2 Å². The molecule has 0 unspecified atom stereocenters. The van der Waals surface area contributed by atoms with Crippen molar-refractivity contribution in [1.82, 2.24) is 0 Å². The zero-order valence-electron chi connectivity index (χ0n) is 9.88. The summed E-state index contributed by atoms with van der Waals surface area (Å²) in [5.74, 6) is -6.13. The standard InChI is InChI=1S/C13H8F4N2O/c14-8-3-6(1-2-11(8)18)13(20)19-7-4-9(15)12(17)10(16)5-7/h1-5H,18H2,(H,19,20). The third kappa shape index (κ3) is 2.71. The Balaban J connectivity index is 2.25.